The van der Waals surface area contributed by atoms with Crippen molar-refractivity contribution < 1.29 is 33.1 Å². The van der Waals surface area contributed by atoms with Gasteiger partial charge in [0.05, 0.1) is 0 Å². The standard InChI is InChI=1S/C26H32F2N2O5/c1-25(2,3)35-24(32)29-22(23(31)34-17-19-8-5-4-6-9-19)16-18-12-14-20(15-13-18)26(27,28)30(33)21-10-7-11-21/h4-6,8-9,12-15,21-22,33H,7,10-11,16-17H2,1-3H3,(H,29,32). The fourth-order valence-electron chi connectivity index (χ4n) is 3.54. The van der Waals surface area contributed by atoms with Crippen LogP contribution in [0.15, 0.2) is 54.6 Å². The second-order valence-corrected chi connectivity index (χ2v) is 9.66. The lowest BCUT2D eigenvalue weighted by molar-refractivity contribution is -0.325. The minimum absolute atomic E-state index is 0.00415. The summed E-state index contributed by atoms with van der Waals surface area (Å²) in [6.07, 6.45) is 1.06. The van der Waals surface area contributed by atoms with Crippen LogP contribution in [0.4, 0.5) is 13.6 Å². The number of esters is 1. The molecule has 0 spiro atoms. The molecule has 1 unspecified atom stereocenters. The number of nitrogens with zero attached hydrogens (tertiary/aromatic N) is 1. The molecule has 2 aromatic carbocycles. The van der Waals surface area contributed by atoms with Crippen molar-refractivity contribution in [2.75, 3.05) is 0 Å². The van der Waals surface area contributed by atoms with E-state index in [0.717, 1.165) is 12.0 Å². The molecule has 35 heavy (non-hydrogen) atoms. The number of hydroxylamine groups is 2. The van der Waals surface area contributed by atoms with E-state index in [1.165, 1.54) is 24.3 Å². The third-order valence-corrected chi connectivity index (χ3v) is 5.65. The number of alkyl halides is 2. The van der Waals surface area contributed by atoms with Gasteiger partial charge in [0.2, 0.25) is 0 Å². The Morgan fingerprint density at radius 2 is 1.69 bits per heavy atom. The molecule has 2 aromatic rings. The van der Waals surface area contributed by atoms with E-state index >= 15 is 0 Å². The van der Waals surface area contributed by atoms with Gasteiger partial charge in [0, 0.05) is 18.0 Å². The molecule has 7 nitrogen and oxygen atoms in total. The van der Waals surface area contributed by atoms with Gasteiger partial charge < -0.3 is 20.0 Å². The molecule has 1 fully saturated rings. The van der Waals surface area contributed by atoms with E-state index in [1.54, 1.807) is 32.9 Å². The number of alkyl carbamates (subject to hydrolysis) is 1. The highest BCUT2D eigenvalue weighted by molar-refractivity contribution is 5.81. The molecule has 0 aromatic heterocycles. The second kappa shape index (κ2) is 11.1. The zero-order chi connectivity index (χ0) is 25.6. The van der Waals surface area contributed by atoms with E-state index in [2.05, 4.69) is 5.32 Å². The van der Waals surface area contributed by atoms with E-state index in [9.17, 15) is 23.6 Å². The Morgan fingerprint density at radius 1 is 1.06 bits per heavy atom. The molecular formula is C26H32F2N2O5. The van der Waals surface area contributed by atoms with Gasteiger partial charge >= 0.3 is 18.1 Å². The third-order valence-electron chi connectivity index (χ3n) is 5.65. The van der Waals surface area contributed by atoms with Gasteiger partial charge in [-0.1, -0.05) is 61.0 Å². The summed E-state index contributed by atoms with van der Waals surface area (Å²) >= 11 is 0. The molecule has 3 rings (SSSR count). The molecule has 9 heteroatoms. The maximum atomic E-state index is 14.7. The number of benzene rings is 2. The monoisotopic (exact) mass is 490 g/mol. The molecule has 1 saturated carbocycles. The molecule has 0 saturated heterocycles. The fraction of sp³-hybridized carbons (Fsp3) is 0.462. The highest BCUT2D eigenvalue weighted by Crippen LogP contribution is 2.37. The molecular weight excluding hydrogens is 458 g/mol. The van der Waals surface area contributed by atoms with Crippen molar-refractivity contribution in [3.05, 3.63) is 71.3 Å². The number of carbonyl (C=O) groups excluding carboxylic acids is 2. The van der Waals surface area contributed by atoms with Crippen LogP contribution in [0.3, 0.4) is 0 Å². The Morgan fingerprint density at radius 3 is 2.23 bits per heavy atom. The predicted octanol–water partition coefficient (Wildman–Crippen LogP) is 5.16. The van der Waals surface area contributed by atoms with Crippen molar-refractivity contribution in [1.82, 2.24) is 10.4 Å². The molecule has 1 atom stereocenters. The number of amides is 1. The SMILES string of the molecule is CC(C)(C)OC(=O)NC(Cc1ccc(C(F)(F)N(O)C2CCC2)cc1)C(=O)OCc1ccccc1. The van der Waals surface area contributed by atoms with Gasteiger partial charge in [-0.2, -0.15) is 8.78 Å². The van der Waals surface area contributed by atoms with E-state index in [-0.39, 0.29) is 23.7 Å². The zero-order valence-corrected chi connectivity index (χ0v) is 20.2. The third kappa shape index (κ3) is 7.47. The summed E-state index contributed by atoms with van der Waals surface area (Å²) in [6.45, 7) is 5.11. The first-order valence-electron chi connectivity index (χ1n) is 11.6. The van der Waals surface area contributed by atoms with Crippen LogP contribution < -0.4 is 5.32 Å². The molecule has 1 aliphatic carbocycles. The minimum atomic E-state index is -3.54. The number of halogens is 2. The Hall–Kier alpha value is -3.04. The van der Waals surface area contributed by atoms with Crippen molar-refractivity contribution in [3.8, 4) is 0 Å². The molecule has 0 radical (unpaired) electrons. The van der Waals surface area contributed by atoms with Crippen LogP contribution in [-0.2, 0) is 33.3 Å². The predicted molar refractivity (Wildman–Crippen MR) is 125 cm³/mol. The van der Waals surface area contributed by atoms with E-state index in [1.807, 2.05) is 18.2 Å². The lowest BCUT2D eigenvalue weighted by Gasteiger charge is -2.37. The highest BCUT2D eigenvalue weighted by Gasteiger charge is 2.44. The van der Waals surface area contributed by atoms with Crippen LogP contribution in [-0.4, -0.2) is 40.0 Å². The van der Waals surface area contributed by atoms with Gasteiger partial charge in [-0.15, -0.1) is 5.06 Å². The van der Waals surface area contributed by atoms with E-state index in [0.29, 0.717) is 18.4 Å². The average Bonchev–Trinajstić information content (AvgIpc) is 2.75. The number of nitrogens with one attached hydrogen (secondary N) is 1. The van der Waals surface area contributed by atoms with Crippen LogP contribution in [0.5, 0.6) is 0 Å². The topological polar surface area (TPSA) is 88.1 Å². The molecule has 1 aliphatic rings. The average molecular weight is 491 g/mol. The number of carbonyl (C=O) groups is 2. The molecule has 0 aliphatic heterocycles. The Labute approximate surface area is 204 Å². The summed E-state index contributed by atoms with van der Waals surface area (Å²) in [7, 11) is 0. The number of hydrogen-bond donors (Lipinski definition) is 2. The van der Waals surface area contributed by atoms with Crippen molar-refractivity contribution in [3.63, 3.8) is 0 Å². The summed E-state index contributed by atoms with van der Waals surface area (Å²) in [5, 5.41) is 12.6. The fourth-order valence-corrected chi connectivity index (χ4v) is 3.54. The smallest absolute Gasteiger partial charge is 0.408 e. The first-order chi connectivity index (χ1) is 16.5. The second-order valence-electron chi connectivity index (χ2n) is 9.66. The van der Waals surface area contributed by atoms with Gasteiger partial charge in [0.15, 0.2) is 0 Å². The number of hydrogen-bond acceptors (Lipinski definition) is 6. The molecule has 2 N–H and O–H groups in total. The zero-order valence-electron chi connectivity index (χ0n) is 20.2. The van der Waals surface area contributed by atoms with Crippen molar-refractivity contribution in [1.29, 1.82) is 0 Å². The molecule has 1 amide bonds. The lowest BCUT2D eigenvalue weighted by atomic mass is 9.92. The molecule has 0 bridgehead atoms. The quantitative estimate of drug-likeness (QED) is 0.287. The molecule has 0 heterocycles. The van der Waals surface area contributed by atoms with Gasteiger partial charge in [-0.3, -0.25) is 0 Å². The Balaban J connectivity index is 1.70. The van der Waals surface area contributed by atoms with Crippen LogP contribution in [0.1, 0.15) is 56.7 Å². The highest BCUT2D eigenvalue weighted by atomic mass is 19.3. The summed E-state index contributed by atoms with van der Waals surface area (Å²) in [5.41, 5.74) is 0.171. The van der Waals surface area contributed by atoms with Crippen LogP contribution in [0.25, 0.3) is 0 Å². The molecule has 190 valence electrons. The Bertz CT molecular complexity index is 989. The first kappa shape index (κ1) is 26.6. The maximum Gasteiger partial charge on any atom is 0.408 e. The number of ether oxygens (including phenoxy) is 2. The van der Waals surface area contributed by atoms with Crippen LogP contribution in [0.2, 0.25) is 0 Å². The summed E-state index contributed by atoms with van der Waals surface area (Å²) < 4.78 is 40.0. The normalized spacial score (nSPS) is 15.3. The van der Waals surface area contributed by atoms with Gasteiger partial charge in [-0.05, 0) is 44.7 Å². The summed E-state index contributed by atoms with van der Waals surface area (Å²) in [4.78, 5) is 25.1. The Kier molecular flexibility index (Phi) is 8.45. The van der Waals surface area contributed by atoms with E-state index < -0.39 is 35.8 Å². The van der Waals surface area contributed by atoms with Gasteiger partial charge in [0.25, 0.3) is 0 Å². The van der Waals surface area contributed by atoms with Crippen LogP contribution >= 0.6 is 0 Å². The van der Waals surface area contributed by atoms with Crippen molar-refractivity contribution in [2.24, 2.45) is 0 Å². The maximum absolute atomic E-state index is 14.7. The number of rotatable bonds is 9. The minimum Gasteiger partial charge on any atom is -0.459 e. The van der Waals surface area contributed by atoms with E-state index in [4.69, 9.17) is 9.47 Å². The lowest BCUT2D eigenvalue weighted by Crippen LogP contribution is -2.47. The summed E-state index contributed by atoms with van der Waals surface area (Å²) in [6, 6.07) is 9.17. The van der Waals surface area contributed by atoms with Crippen molar-refractivity contribution >= 4 is 12.1 Å². The largest absolute Gasteiger partial charge is 0.459 e. The van der Waals surface area contributed by atoms with Gasteiger partial charge in [0.1, 0.15) is 18.2 Å². The summed E-state index contributed by atoms with van der Waals surface area (Å²) in [5.74, 6) is -0.680. The van der Waals surface area contributed by atoms with Gasteiger partial charge in [-0.25, -0.2) is 9.59 Å². The first-order valence-corrected chi connectivity index (χ1v) is 11.6. The van der Waals surface area contributed by atoms with Crippen molar-refractivity contribution in [2.45, 2.75) is 76.8 Å². The van der Waals surface area contributed by atoms with Crippen LogP contribution in [0, 0.1) is 0 Å².